The SMILES string of the molecule is NC(=S)C(NC(=O)c1c(F)cccc1Br)C1CC1. The maximum absolute atomic E-state index is 13.6. The van der Waals surface area contributed by atoms with E-state index in [2.05, 4.69) is 21.2 Å². The molecule has 3 N–H and O–H groups in total. The summed E-state index contributed by atoms with van der Waals surface area (Å²) in [5.41, 5.74) is 5.58. The minimum absolute atomic E-state index is 0.0144. The van der Waals surface area contributed by atoms with Gasteiger partial charge in [0.2, 0.25) is 0 Å². The van der Waals surface area contributed by atoms with Crippen LogP contribution in [0.4, 0.5) is 4.39 Å². The molecule has 1 aromatic carbocycles. The maximum Gasteiger partial charge on any atom is 0.255 e. The van der Waals surface area contributed by atoms with Crippen LogP contribution in [-0.2, 0) is 0 Å². The highest BCUT2D eigenvalue weighted by Crippen LogP contribution is 2.33. The van der Waals surface area contributed by atoms with Gasteiger partial charge in [0, 0.05) is 4.47 Å². The topological polar surface area (TPSA) is 55.1 Å². The molecule has 96 valence electrons. The number of benzene rings is 1. The van der Waals surface area contributed by atoms with Crippen molar-refractivity contribution in [1.82, 2.24) is 5.32 Å². The van der Waals surface area contributed by atoms with Crippen molar-refractivity contribution >= 4 is 39.0 Å². The van der Waals surface area contributed by atoms with Crippen molar-refractivity contribution in [3.05, 3.63) is 34.1 Å². The minimum atomic E-state index is -0.570. The second-order valence-corrected chi connectivity index (χ2v) is 5.61. The Morgan fingerprint density at radius 1 is 1.56 bits per heavy atom. The molecule has 1 atom stereocenters. The monoisotopic (exact) mass is 330 g/mol. The van der Waals surface area contributed by atoms with Crippen molar-refractivity contribution in [1.29, 1.82) is 0 Å². The highest BCUT2D eigenvalue weighted by molar-refractivity contribution is 9.10. The quantitative estimate of drug-likeness (QED) is 0.833. The lowest BCUT2D eigenvalue weighted by atomic mass is 10.1. The first kappa shape index (κ1) is 13.4. The molecule has 1 fully saturated rings. The van der Waals surface area contributed by atoms with E-state index in [0.29, 0.717) is 4.47 Å². The third-order valence-electron chi connectivity index (χ3n) is 2.88. The molecule has 0 bridgehead atoms. The van der Waals surface area contributed by atoms with Gasteiger partial charge in [0.25, 0.3) is 5.91 Å². The number of hydrogen-bond acceptors (Lipinski definition) is 2. The summed E-state index contributed by atoms with van der Waals surface area (Å²) in [6, 6.07) is 4.04. The van der Waals surface area contributed by atoms with Crippen LogP contribution in [0.2, 0.25) is 0 Å². The van der Waals surface area contributed by atoms with E-state index in [1.807, 2.05) is 0 Å². The summed E-state index contributed by atoms with van der Waals surface area (Å²) in [6.45, 7) is 0. The van der Waals surface area contributed by atoms with Gasteiger partial charge in [-0.15, -0.1) is 0 Å². The van der Waals surface area contributed by atoms with Crippen LogP contribution in [0.1, 0.15) is 23.2 Å². The maximum atomic E-state index is 13.6. The molecule has 1 aliphatic carbocycles. The number of hydrogen-bond donors (Lipinski definition) is 2. The average Bonchev–Trinajstić information content (AvgIpc) is 3.09. The van der Waals surface area contributed by atoms with E-state index in [4.69, 9.17) is 18.0 Å². The first-order valence-corrected chi connectivity index (χ1v) is 6.75. The van der Waals surface area contributed by atoms with Crippen LogP contribution < -0.4 is 11.1 Å². The Morgan fingerprint density at radius 2 is 2.22 bits per heavy atom. The standard InChI is InChI=1S/C12H12BrFN2OS/c13-7-2-1-3-8(14)9(7)12(17)16-10(11(15)18)6-4-5-6/h1-3,6,10H,4-5H2,(H2,15,18)(H,16,17). The van der Waals surface area contributed by atoms with E-state index in [9.17, 15) is 9.18 Å². The Morgan fingerprint density at radius 3 is 2.72 bits per heavy atom. The van der Waals surface area contributed by atoms with E-state index in [1.165, 1.54) is 12.1 Å². The Kier molecular flexibility index (Phi) is 3.97. The summed E-state index contributed by atoms with van der Waals surface area (Å²) in [7, 11) is 0. The van der Waals surface area contributed by atoms with E-state index in [-0.39, 0.29) is 22.5 Å². The predicted molar refractivity (Wildman–Crippen MR) is 74.9 cm³/mol. The van der Waals surface area contributed by atoms with Crippen LogP contribution in [0.3, 0.4) is 0 Å². The molecule has 0 radical (unpaired) electrons. The Bertz CT molecular complexity index is 485. The molecule has 1 unspecified atom stereocenters. The minimum Gasteiger partial charge on any atom is -0.392 e. The second kappa shape index (κ2) is 5.32. The smallest absolute Gasteiger partial charge is 0.255 e. The van der Waals surface area contributed by atoms with Gasteiger partial charge in [-0.05, 0) is 46.8 Å². The van der Waals surface area contributed by atoms with Crippen molar-refractivity contribution in [2.24, 2.45) is 11.7 Å². The molecule has 1 saturated carbocycles. The van der Waals surface area contributed by atoms with Crippen molar-refractivity contribution in [2.75, 3.05) is 0 Å². The van der Waals surface area contributed by atoms with Crippen molar-refractivity contribution < 1.29 is 9.18 Å². The fraction of sp³-hybridized carbons (Fsp3) is 0.333. The lowest BCUT2D eigenvalue weighted by Gasteiger charge is -2.17. The highest BCUT2D eigenvalue weighted by Gasteiger charge is 2.34. The van der Waals surface area contributed by atoms with E-state index in [1.54, 1.807) is 6.07 Å². The fourth-order valence-corrected chi connectivity index (χ4v) is 2.55. The van der Waals surface area contributed by atoms with E-state index in [0.717, 1.165) is 12.8 Å². The molecule has 18 heavy (non-hydrogen) atoms. The second-order valence-electron chi connectivity index (χ2n) is 4.29. The van der Waals surface area contributed by atoms with Gasteiger partial charge in [-0.2, -0.15) is 0 Å². The first-order valence-electron chi connectivity index (χ1n) is 5.55. The number of thiocarbonyl (C=S) groups is 1. The summed E-state index contributed by atoms with van der Waals surface area (Å²) in [5, 5.41) is 2.70. The van der Waals surface area contributed by atoms with Crippen LogP contribution in [0.15, 0.2) is 22.7 Å². The highest BCUT2D eigenvalue weighted by atomic mass is 79.9. The molecule has 0 heterocycles. The molecule has 0 saturated heterocycles. The number of halogens is 2. The van der Waals surface area contributed by atoms with Crippen molar-refractivity contribution in [3.63, 3.8) is 0 Å². The van der Waals surface area contributed by atoms with Crippen LogP contribution in [-0.4, -0.2) is 16.9 Å². The zero-order valence-corrected chi connectivity index (χ0v) is 11.9. The lowest BCUT2D eigenvalue weighted by molar-refractivity contribution is 0.0939. The zero-order valence-electron chi connectivity index (χ0n) is 9.45. The number of nitrogens with one attached hydrogen (secondary N) is 1. The lowest BCUT2D eigenvalue weighted by Crippen LogP contribution is -2.45. The first-order chi connectivity index (χ1) is 8.50. The summed E-state index contributed by atoms with van der Waals surface area (Å²) in [5.74, 6) is -0.777. The fourth-order valence-electron chi connectivity index (χ4n) is 1.78. The molecule has 1 aromatic rings. The number of amides is 1. The van der Waals surface area contributed by atoms with Crippen LogP contribution in [0, 0.1) is 11.7 Å². The van der Waals surface area contributed by atoms with Gasteiger partial charge in [0.1, 0.15) is 5.82 Å². The summed E-state index contributed by atoms with van der Waals surface area (Å²) in [4.78, 5) is 12.3. The Hall–Kier alpha value is -1.01. The third kappa shape index (κ3) is 2.87. The number of nitrogens with two attached hydrogens (primary N) is 1. The summed E-state index contributed by atoms with van der Waals surface area (Å²) < 4.78 is 14.0. The zero-order chi connectivity index (χ0) is 13.3. The molecule has 0 spiro atoms. The van der Waals surface area contributed by atoms with Crippen molar-refractivity contribution in [3.8, 4) is 0 Å². The number of rotatable bonds is 4. The van der Waals surface area contributed by atoms with Gasteiger partial charge in [0.05, 0.1) is 16.6 Å². The molecule has 1 amide bonds. The van der Waals surface area contributed by atoms with E-state index >= 15 is 0 Å². The summed E-state index contributed by atoms with van der Waals surface area (Å²) >= 11 is 8.09. The van der Waals surface area contributed by atoms with Crippen LogP contribution in [0.5, 0.6) is 0 Å². The molecule has 6 heteroatoms. The molecule has 1 aliphatic rings. The molecular weight excluding hydrogens is 319 g/mol. The van der Waals surface area contributed by atoms with Gasteiger partial charge < -0.3 is 11.1 Å². The largest absolute Gasteiger partial charge is 0.392 e. The number of carbonyl (C=O) groups is 1. The van der Waals surface area contributed by atoms with Crippen LogP contribution in [0.25, 0.3) is 0 Å². The van der Waals surface area contributed by atoms with Gasteiger partial charge >= 0.3 is 0 Å². The van der Waals surface area contributed by atoms with Gasteiger partial charge in [-0.25, -0.2) is 4.39 Å². The van der Waals surface area contributed by atoms with Crippen LogP contribution >= 0.6 is 28.1 Å². The predicted octanol–water partition coefficient (Wildman–Crippen LogP) is 2.38. The molecule has 2 rings (SSSR count). The van der Waals surface area contributed by atoms with Gasteiger partial charge in [-0.1, -0.05) is 18.3 Å². The molecule has 0 aromatic heterocycles. The third-order valence-corrected chi connectivity index (χ3v) is 3.79. The Balaban J connectivity index is 2.18. The van der Waals surface area contributed by atoms with Gasteiger partial charge in [0.15, 0.2) is 0 Å². The summed E-state index contributed by atoms with van der Waals surface area (Å²) in [6.07, 6.45) is 1.97. The molecular formula is C12H12BrFN2OS. The molecule has 3 nitrogen and oxygen atoms in total. The Labute approximate surface area is 118 Å². The van der Waals surface area contributed by atoms with Gasteiger partial charge in [-0.3, -0.25) is 4.79 Å². The number of carbonyl (C=O) groups excluding carboxylic acids is 1. The van der Waals surface area contributed by atoms with Crippen molar-refractivity contribution in [2.45, 2.75) is 18.9 Å². The molecule has 0 aliphatic heterocycles. The normalized spacial score (nSPS) is 16.1. The van der Waals surface area contributed by atoms with E-state index < -0.39 is 11.7 Å². The average molecular weight is 331 g/mol.